The number of imidazole rings is 1. The van der Waals surface area contributed by atoms with E-state index in [1.165, 1.54) is 12.0 Å². The standard InChI is InChI=1S/C25H19ClN4O5S/c1-12-18(29-11-5-4-6-16(29)27-12)20(31)17-19(14-7-9-15(26)10-8-14)30(23(33)21(17)32)25-28-13(2)22(36-25)24(34)35-3/h4-11,19,31H,1-3H3. The summed E-state index contributed by atoms with van der Waals surface area (Å²) >= 11 is 7.02. The van der Waals surface area contributed by atoms with Gasteiger partial charge in [0.15, 0.2) is 10.9 Å². The number of aliphatic hydroxyl groups is 1. The highest BCUT2D eigenvalue weighted by molar-refractivity contribution is 7.17. The SMILES string of the molecule is COC(=O)c1sc(N2C(=O)C(=O)C(=C(O)c3c(C)nc4ccccn34)C2c2ccc(Cl)cc2)nc1C. The third-order valence-electron chi connectivity index (χ3n) is 5.92. The molecular weight excluding hydrogens is 504 g/mol. The number of carbonyl (C=O) groups is 3. The van der Waals surface area contributed by atoms with Crippen LogP contribution in [0.2, 0.25) is 5.02 Å². The Morgan fingerprint density at radius 3 is 2.50 bits per heavy atom. The number of carbonyl (C=O) groups excluding carboxylic acids is 3. The Kier molecular flexibility index (Phi) is 5.85. The molecule has 1 amide bonds. The lowest BCUT2D eigenvalue weighted by Crippen LogP contribution is -2.29. The van der Waals surface area contributed by atoms with Crippen LogP contribution in [0.15, 0.2) is 54.2 Å². The van der Waals surface area contributed by atoms with Gasteiger partial charge in [0.05, 0.1) is 30.1 Å². The minimum absolute atomic E-state index is 0.122. The number of ether oxygens (including phenoxy) is 1. The zero-order valence-corrected chi connectivity index (χ0v) is 20.9. The monoisotopic (exact) mass is 522 g/mol. The lowest BCUT2D eigenvalue weighted by molar-refractivity contribution is -0.132. The second kappa shape index (κ2) is 8.89. The average molecular weight is 523 g/mol. The van der Waals surface area contributed by atoms with Crippen LogP contribution in [-0.2, 0) is 14.3 Å². The molecule has 4 heterocycles. The van der Waals surface area contributed by atoms with E-state index in [4.69, 9.17) is 16.3 Å². The number of methoxy groups -OCH3 is 1. The first-order chi connectivity index (χ1) is 17.2. The summed E-state index contributed by atoms with van der Waals surface area (Å²) in [5, 5.41) is 12.1. The topological polar surface area (TPSA) is 114 Å². The Labute approximate surface area is 214 Å². The van der Waals surface area contributed by atoms with Crippen LogP contribution >= 0.6 is 22.9 Å². The largest absolute Gasteiger partial charge is 0.505 e. The summed E-state index contributed by atoms with van der Waals surface area (Å²) in [5.41, 5.74) is 2.12. The van der Waals surface area contributed by atoms with Crippen LogP contribution < -0.4 is 4.90 Å². The Bertz CT molecular complexity index is 1590. The number of anilines is 1. The van der Waals surface area contributed by atoms with E-state index in [0.717, 1.165) is 11.3 Å². The number of aryl methyl sites for hydroxylation is 2. The van der Waals surface area contributed by atoms with Crippen molar-refractivity contribution in [3.63, 3.8) is 0 Å². The number of ketones is 1. The number of amides is 1. The third-order valence-corrected chi connectivity index (χ3v) is 7.31. The van der Waals surface area contributed by atoms with Crippen molar-refractivity contribution < 1.29 is 24.2 Å². The fourth-order valence-corrected chi connectivity index (χ4v) is 5.42. The number of hydrogen-bond donors (Lipinski definition) is 1. The molecule has 11 heteroatoms. The molecule has 1 N–H and O–H groups in total. The van der Waals surface area contributed by atoms with Gasteiger partial charge in [0, 0.05) is 11.2 Å². The van der Waals surface area contributed by atoms with Gasteiger partial charge in [0.2, 0.25) is 0 Å². The number of aromatic nitrogens is 3. The van der Waals surface area contributed by atoms with Gasteiger partial charge < -0.3 is 9.84 Å². The van der Waals surface area contributed by atoms with Crippen molar-refractivity contribution in [2.45, 2.75) is 19.9 Å². The molecule has 1 fully saturated rings. The molecule has 3 aromatic heterocycles. The molecule has 1 saturated heterocycles. The average Bonchev–Trinajstić information content (AvgIpc) is 3.49. The van der Waals surface area contributed by atoms with Gasteiger partial charge in [-0.2, -0.15) is 0 Å². The van der Waals surface area contributed by atoms with Gasteiger partial charge in [0.25, 0.3) is 5.78 Å². The second-order valence-electron chi connectivity index (χ2n) is 8.10. The minimum atomic E-state index is -1.02. The fraction of sp³-hybridized carbons (Fsp3) is 0.160. The number of Topliss-reactive ketones (excluding diaryl/α,β-unsaturated/α-hetero) is 1. The highest BCUT2D eigenvalue weighted by Crippen LogP contribution is 2.44. The van der Waals surface area contributed by atoms with Crippen LogP contribution in [0.25, 0.3) is 11.4 Å². The molecule has 1 aliphatic heterocycles. The molecule has 0 aliphatic carbocycles. The molecule has 1 atom stereocenters. The zero-order valence-electron chi connectivity index (χ0n) is 19.4. The summed E-state index contributed by atoms with van der Waals surface area (Å²) in [5.74, 6) is -2.73. The molecule has 36 heavy (non-hydrogen) atoms. The molecule has 4 aromatic rings. The van der Waals surface area contributed by atoms with Crippen molar-refractivity contribution in [3.05, 3.63) is 86.8 Å². The van der Waals surface area contributed by atoms with Crippen LogP contribution in [0.1, 0.15) is 38.4 Å². The summed E-state index contributed by atoms with van der Waals surface area (Å²) in [7, 11) is 1.25. The van der Waals surface area contributed by atoms with Crippen LogP contribution in [0, 0.1) is 13.8 Å². The lowest BCUT2D eigenvalue weighted by Gasteiger charge is -2.23. The van der Waals surface area contributed by atoms with Gasteiger partial charge >= 0.3 is 11.9 Å². The predicted molar refractivity (Wildman–Crippen MR) is 134 cm³/mol. The van der Waals surface area contributed by atoms with Gasteiger partial charge in [-0.05, 0) is 43.7 Å². The fourth-order valence-electron chi connectivity index (χ4n) is 4.28. The lowest BCUT2D eigenvalue weighted by atomic mass is 9.96. The van der Waals surface area contributed by atoms with Gasteiger partial charge in [-0.15, -0.1) is 0 Å². The number of esters is 1. The molecule has 0 bridgehead atoms. The summed E-state index contributed by atoms with van der Waals surface area (Å²) < 4.78 is 6.47. The number of thiazole rings is 1. The van der Waals surface area contributed by atoms with Crippen molar-refractivity contribution in [2.75, 3.05) is 12.0 Å². The normalized spacial score (nSPS) is 17.2. The van der Waals surface area contributed by atoms with E-state index in [2.05, 4.69) is 9.97 Å². The Hall–Kier alpha value is -4.02. The number of nitrogens with zero attached hydrogens (tertiary/aromatic N) is 4. The molecule has 0 saturated carbocycles. The van der Waals surface area contributed by atoms with Crippen molar-refractivity contribution in [1.29, 1.82) is 0 Å². The number of benzene rings is 1. The molecule has 1 unspecified atom stereocenters. The number of rotatable bonds is 4. The van der Waals surface area contributed by atoms with Crippen LogP contribution in [0.5, 0.6) is 0 Å². The number of pyridine rings is 1. The molecule has 182 valence electrons. The van der Waals surface area contributed by atoms with Gasteiger partial charge in [-0.3, -0.25) is 18.9 Å². The highest BCUT2D eigenvalue weighted by Gasteiger charge is 2.49. The second-order valence-corrected chi connectivity index (χ2v) is 9.51. The number of aliphatic hydroxyl groups excluding tert-OH is 1. The summed E-state index contributed by atoms with van der Waals surface area (Å²) in [4.78, 5) is 49.3. The maximum Gasteiger partial charge on any atom is 0.350 e. The Balaban J connectivity index is 1.76. The first-order valence-corrected chi connectivity index (χ1v) is 12.0. The van der Waals surface area contributed by atoms with E-state index in [0.29, 0.717) is 33.3 Å². The van der Waals surface area contributed by atoms with Gasteiger partial charge in [-0.1, -0.05) is 41.1 Å². The summed E-state index contributed by atoms with van der Waals surface area (Å²) in [6.45, 7) is 3.32. The summed E-state index contributed by atoms with van der Waals surface area (Å²) in [6.07, 6.45) is 1.71. The van der Waals surface area contributed by atoms with Crippen LogP contribution in [0.3, 0.4) is 0 Å². The maximum absolute atomic E-state index is 13.4. The zero-order chi connectivity index (χ0) is 25.7. The van der Waals surface area contributed by atoms with E-state index in [-0.39, 0.29) is 21.3 Å². The number of halogens is 1. The highest BCUT2D eigenvalue weighted by atomic mass is 35.5. The molecule has 1 aliphatic rings. The molecule has 1 aromatic carbocycles. The Morgan fingerprint density at radius 1 is 1.08 bits per heavy atom. The van der Waals surface area contributed by atoms with E-state index in [9.17, 15) is 19.5 Å². The van der Waals surface area contributed by atoms with Crippen molar-refractivity contribution in [3.8, 4) is 0 Å². The molecular formula is C25H19ClN4O5S. The Morgan fingerprint density at radius 2 is 1.81 bits per heavy atom. The first kappa shape index (κ1) is 23.7. The number of hydrogen-bond acceptors (Lipinski definition) is 8. The van der Waals surface area contributed by atoms with Crippen molar-refractivity contribution in [1.82, 2.24) is 14.4 Å². The molecule has 0 spiro atoms. The van der Waals surface area contributed by atoms with Gasteiger partial charge in [0.1, 0.15) is 16.2 Å². The molecule has 0 radical (unpaired) electrons. The first-order valence-electron chi connectivity index (χ1n) is 10.8. The number of fused-ring (bicyclic) bond motifs is 1. The molecule has 9 nitrogen and oxygen atoms in total. The smallest absolute Gasteiger partial charge is 0.350 e. The minimum Gasteiger partial charge on any atom is -0.505 e. The van der Waals surface area contributed by atoms with Crippen LogP contribution in [-0.4, -0.2) is 44.2 Å². The van der Waals surface area contributed by atoms with E-state index < -0.39 is 23.7 Å². The van der Waals surface area contributed by atoms with Crippen molar-refractivity contribution in [2.24, 2.45) is 0 Å². The quantitative estimate of drug-likeness (QED) is 0.182. The van der Waals surface area contributed by atoms with E-state index in [1.54, 1.807) is 60.8 Å². The van der Waals surface area contributed by atoms with E-state index >= 15 is 0 Å². The molecule has 5 rings (SSSR count). The predicted octanol–water partition coefficient (Wildman–Crippen LogP) is 4.47. The van der Waals surface area contributed by atoms with Crippen LogP contribution in [0.4, 0.5) is 5.13 Å². The van der Waals surface area contributed by atoms with E-state index in [1.807, 2.05) is 6.07 Å². The summed E-state index contributed by atoms with van der Waals surface area (Å²) in [6, 6.07) is 10.9. The maximum atomic E-state index is 13.4. The van der Waals surface area contributed by atoms with Crippen molar-refractivity contribution >= 4 is 57.1 Å². The third kappa shape index (κ3) is 3.66. The van der Waals surface area contributed by atoms with Gasteiger partial charge in [-0.25, -0.2) is 14.8 Å².